The highest BCUT2D eigenvalue weighted by Gasteiger charge is 2.30. The zero-order valence-electron chi connectivity index (χ0n) is 19.7. The number of nitrogen functional groups attached to an aromatic ring is 1. The molecule has 2 saturated heterocycles. The summed E-state index contributed by atoms with van der Waals surface area (Å²) in [4.78, 5) is 30.8. The first-order chi connectivity index (χ1) is 16.7. The van der Waals surface area contributed by atoms with Gasteiger partial charge in [0, 0.05) is 63.3 Å². The van der Waals surface area contributed by atoms with Crippen molar-refractivity contribution in [1.29, 1.82) is 0 Å². The van der Waals surface area contributed by atoms with Gasteiger partial charge in [-0.1, -0.05) is 12.8 Å². The fraction of sp³-hybridized carbons (Fsp3) is 0.609. The van der Waals surface area contributed by atoms with Crippen molar-refractivity contribution < 1.29 is 4.74 Å². The predicted octanol–water partition coefficient (Wildman–Crippen LogP) is 1.57. The lowest BCUT2D eigenvalue weighted by atomic mass is 10.2. The Hall–Kier alpha value is -3.05. The molecule has 0 aromatic carbocycles. The molecule has 11 nitrogen and oxygen atoms in total. The molecular formula is C23H32N10O. The van der Waals surface area contributed by atoms with E-state index in [9.17, 15) is 0 Å². The van der Waals surface area contributed by atoms with E-state index in [1.807, 2.05) is 0 Å². The quantitative estimate of drug-likeness (QED) is 0.610. The van der Waals surface area contributed by atoms with Gasteiger partial charge in [0.15, 0.2) is 5.65 Å². The number of morpholine rings is 1. The first kappa shape index (κ1) is 21.5. The van der Waals surface area contributed by atoms with Gasteiger partial charge in [0.05, 0.1) is 13.2 Å². The Morgan fingerprint density at radius 1 is 0.882 bits per heavy atom. The van der Waals surface area contributed by atoms with Gasteiger partial charge in [-0.05, 0) is 19.9 Å². The third-order valence-electron chi connectivity index (χ3n) is 7.22. The van der Waals surface area contributed by atoms with Crippen molar-refractivity contribution in [2.24, 2.45) is 0 Å². The van der Waals surface area contributed by atoms with Gasteiger partial charge < -0.3 is 25.2 Å². The van der Waals surface area contributed by atoms with Crippen LogP contribution in [0.2, 0.25) is 0 Å². The van der Waals surface area contributed by atoms with Crippen LogP contribution in [-0.2, 0) is 4.74 Å². The number of nitrogens with zero attached hydrogens (tertiary/aromatic N) is 9. The summed E-state index contributed by atoms with van der Waals surface area (Å²) in [6.45, 7) is 6.85. The number of imidazole rings is 1. The van der Waals surface area contributed by atoms with Crippen LogP contribution in [0.3, 0.4) is 0 Å². The number of anilines is 3. The maximum absolute atomic E-state index is 5.78. The average Bonchev–Trinajstić information content (AvgIpc) is 3.53. The molecule has 0 unspecified atom stereocenters. The molecule has 6 rings (SSSR count). The Balaban J connectivity index is 1.55. The highest BCUT2D eigenvalue weighted by Crippen LogP contribution is 2.39. The minimum absolute atomic E-state index is 0.247. The van der Waals surface area contributed by atoms with Gasteiger partial charge >= 0.3 is 0 Å². The Bertz CT molecular complexity index is 1140. The smallest absolute Gasteiger partial charge is 0.228 e. The predicted molar refractivity (Wildman–Crippen MR) is 131 cm³/mol. The SMILES string of the molecule is CN1CCN(c2nc3c(-c4cnc(N)nc4)nc(N4CCOCC4)nc3n2C2CCCC2)CC1. The molecule has 1 aliphatic carbocycles. The van der Waals surface area contributed by atoms with Gasteiger partial charge in [-0.2, -0.15) is 4.98 Å². The van der Waals surface area contributed by atoms with Crippen molar-refractivity contribution in [3.8, 4) is 11.3 Å². The molecule has 34 heavy (non-hydrogen) atoms. The Labute approximate surface area is 199 Å². The second-order valence-corrected chi connectivity index (χ2v) is 9.48. The average molecular weight is 465 g/mol. The molecule has 3 aliphatic rings. The number of ether oxygens (including phenoxy) is 1. The van der Waals surface area contributed by atoms with Crippen LogP contribution in [0.5, 0.6) is 0 Å². The number of nitrogens with two attached hydrogens (primary N) is 1. The summed E-state index contributed by atoms with van der Waals surface area (Å²) < 4.78 is 7.98. The van der Waals surface area contributed by atoms with Crippen LogP contribution < -0.4 is 15.5 Å². The number of piperazine rings is 1. The number of likely N-dealkylation sites (N-methyl/N-ethyl adjacent to an activating group) is 1. The summed E-state index contributed by atoms with van der Waals surface area (Å²) in [7, 11) is 2.18. The monoisotopic (exact) mass is 464 g/mol. The van der Waals surface area contributed by atoms with E-state index in [4.69, 9.17) is 25.4 Å². The van der Waals surface area contributed by atoms with E-state index in [1.165, 1.54) is 12.8 Å². The van der Waals surface area contributed by atoms with E-state index in [0.29, 0.717) is 25.2 Å². The molecule has 0 atom stereocenters. The third-order valence-corrected chi connectivity index (χ3v) is 7.22. The second-order valence-electron chi connectivity index (χ2n) is 9.48. The van der Waals surface area contributed by atoms with Crippen molar-refractivity contribution in [1.82, 2.24) is 34.4 Å². The first-order valence-electron chi connectivity index (χ1n) is 12.3. The lowest BCUT2D eigenvalue weighted by Crippen LogP contribution is -2.45. The first-order valence-corrected chi connectivity index (χ1v) is 12.3. The molecule has 3 aromatic rings. The number of hydrogen-bond donors (Lipinski definition) is 1. The number of fused-ring (bicyclic) bond motifs is 1. The summed E-state index contributed by atoms with van der Waals surface area (Å²) in [5.74, 6) is 1.98. The van der Waals surface area contributed by atoms with Gasteiger partial charge in [0.2, 0.25) is 17.8 Å². The van der Waals surface area contributed by atoms with Crippen molar-refractivity contribution in [3.63, 3.8) is 0 Å². The molecule has 1 saturated carbocycles. The van der Waals surface area contributed by atoms with Crippen LogP contribution in [0.4, 0.5) is 17.8 Å². The molecule has 3 aromatic heterocycles. The fourth-order valence-electron chi connectivity index (χ4n) is 5.25. The zero-order chi connectivity index (χ0) is 23.1. The van der Waals surface area contributed by atoms with E-state index >= 15 is 0 Å². The molecule has 3 fully saturated rings. The lowest BCUT2D eigenvalue weighted by Gasteiger charge is -2.34. The minimum atomic E-state index is 0.247. The van der Waals surface area contributed by atoms with Crippen LogP contribution in [-0.4, -0.2) is 93.9 Å². The molecule has 0 spiro atoms. The Morgan fingerprint density at radius 3 is 2.29 bits per heavy atom. The fourth-order valence-corrected chi connectivity index (χ4v) is 5.25. The molecule has 2 aliphatic heterocycles. The molecule has 2 N–H and O–H groups in total. The van der Waals surface area contributed by atoms with E-state index in [0.717, 1.165) is 80.5 Å². The summed E-state index contributed by atoms with van der Waals surface area (Å²) in [6.07, 6.45) is 8.26. The van der Waals surface area contributed by atoms with Crippen LogP contribution in [0, 0.1) is 0 Å². The highest BCUT2D eigenvalue weighted by molar-refractivity contribution is 5.90. The van der Waals surface area contributed by atoms with Crippen LogP contribution in [0.1, 0.15) is 31.7 Å². The highest BCUT2D eigenvalue weighted by atomic mass is 16.5. The van der Waals surface area contributed by atoms with Gasteiger partial charge in [-0.3, -0.25) is 4.57 Å². The van der Waals surface area contributed by atoms with Crippen LogP contribution in [0.25, 0.3) is 22.4 Å². The van der Waals surface area contributed by atoms with Crippen molar-refractivity contribution in [2.75, 3.05) is 75.1 Å². The normalized spacial score (nSPS) is 20.5. The van der Waals surface area contributed by atoms with E-state index in [1.54, 1.807) is 12.4 Å². The maximum Gasteiger partial charge on any atom is 0.228 e. The van der Waals surface area contributed by atoms with Gasteiger partial charge in [-0.15, -0.1) is 0 Å². The molecule has 0 radical (unpaired) electrons. The maximum atomic E-state index is 5.78. The summed E-state index contributed by atoms with van der Waals surface area (Å²) >= 11 is 0. The molecule has 11 heteroatoms. The standard InChI is InChI=1S/C23H32N10O/c1-30-6-8-32(9-7-30)23-28-19-18(16-14-25-21(24)26-15-16)27-22(31-10-12-34-13-11-31)29-20(19)33(23)17-4-2-3-5-17/h14-15,17H,2-13H2,1H3,(H2,24,25,26). The summed E-state index contributed by atoms with van der Waals surface area (Å²) in [5.41, 5.74) is 9.06. The van der Waals surface area contributed by atoms with Crippen molar-refractivity contribution in [3.05, 3.63) is 12.4 Å². The Morgan fingerprint density at radius 2 is 1.59 bits per heavy atom. The van der Waals surface area contributed by atoms with E-state index in [-0.39, 0.29) is 5.95 Å². The largest absolute Gasteiger partial charge is 0.378 e. The Kier molecular flexibility index (Phi) is 5.66. The van der Waals surface area contributed by atoms with Crippen LogP contribution in [0.15, 0.2) is 12.4 Å². The van der Waals surface area contributed by atoms with Crippen molar-refractivity contribution >= 4 is 29.0 Å². The summed E-state index contributed by atoms with van der Waals surface area (Å²) in [6, 6.07) is 0.405. The molecule has 5 heterocycles. The second kappa shape index (κ2) is 8.95. The zero-order valence-corrected chi connectivity index (χ0v) is 19.7. The van der Waals surface area contributed by atoms with E-state index in [2.05, 4.69) is 36.3 Å². The lowest BCUT2D eigenvalue weighted by molar-refractivity contribution is 0.122. The van der Waals surface area contributed by atoms with Gasteiger partial charge in [0.25, 0.3) is 0 Å². The summed E-state index contributed by atoms with van der Waals surface area (Å²) in [5, 5.41) is 0. The van der Waals surface area contributed by atoms with Crippen LogP contribution >= 0.6 is 0 Å². The molecule has 180 valence electrons. The minimum Gasteiger partial charge on any atom is -0.378 e. The number of rotatable bonds is 4. The number of hydrogen-bond acceptors (Lipinski definition) is 10. The van der Waals surface area contributed by atoms with Crippen molar-refractivity contribution in [2.45, 2.75) is 31.7 Å². The number of aromatic nitrogens is 6. The van der Waals surface area contributed by atoms with E-state index < -0.39 is 0 Å². The van der Waals surface area contributed by atoms with Gasteiger partial charge in [-0.25, -0.2) is 19.9 Å². The van der Waals surface area contributed by atoms with Gasteiger partial charge in [0.1, 0.15) is 11.2 Å². The third kappa shape index (κ3) is 3.92. The molecule has 0 amide bonds. The topological polar surface area (TPSA) is 114 Å². The molecule has 0 bridgehead atoms. The molecular weight excluding hydrogens is 432 g/mol.